The maximum Gasteiger partial charge on any atom is 0.330 e. The maximum atomic E-state index is 12.6. The molecule has 0 bridgehead atoms. The number of likely N-dealkylation sites (N-methyl/N-ethyl adjacent to an activating group) is 1. The Bertz CT molecular complexity index is 1020. The first kappa shape index (κ1) is 52.2. The van der Waals surface area contributed by atoms with Gasteiger partial charge in [0, 0.05) is 12.5 Å². The number of unbranched alkanes of at least 4 members (excludes halogenated alkanes) is 22. The van der Waals surface area contributed by atoms with Crippen LogP contribution in [0.15, 0.2) is 36.5 Å². The molecule has 0 aromatic rings. The fraction of sp³-hybridized carbons (Fsp3) is 0.818. The molecule has 0 fully saturated rings. The van der Waals surface area contributed by atoms with E-state index in [-0.39, 0.29) is 19.6 Å². The van der Waals surface area contributed by atoms with E-state index >= 15 is 0 Å². The van der Waals surface area contributed by atoms with Gasteiger partial charge in [-0.25, -0.2) is 4.79 Å². The van der Waals surface area contributed by atoms with Crippen molar-refractivity contribution in [2.45, 2.75) is 187 Å². The molecule has 9 nitrogen and oxygen atoms in total. The summed E-state index contributed by atoms with van der Waals surface area (Å²) < 4.78 is 33.6. The van der Waals surface area contributed by atoms with Crippen molar-refractivity contribution in [1.82, 2.24) is 0 Å². The number of allylic oxidation sites excluding steroid dienone is 5. The first-order valence-electron chi connectivity index (χ1n) is 21.7. The minimum Gasteiger partial charge on any atom is -0.756 e. The Labute approximate surface area is 331 Å². The Hall–Kier alpha value is -1.77. The lowest BCUT2D eigenvalue weighted by Crippen LogP contribution is -2.37. The molecule has 0 saturated heterocycles. The lowest BCUT2D eigenvalue weighted by atomic mass is 10.1. The molecule has 316 valence electrons. The van der Waals surface area contributed by atoms with Gasteiger partial charge in [0.2, 0.25) is 0 Å². The Kier molecular flexibility index (Phi) is 35.6. The molecule has 0 radical (unpaired) electrons. The summed E-state index contributed by atoms with van der Waals surface area (Å²) in [5.74, 6) is -1.11. The molecule has 0 rings (SSSR count). The molecular formula is C44H82NO8P. The number of phosphoric ester groups is 1. The normalized spacial score (nSPS) is 14.0. The molecule has 0 aliphatic rings. The van der Waals surface area contributed by atoms with Gasteiger partial charge >= 0.3 is 11.9 Å². The van der Waals surface area contributed by atoms with Crippen LogP contribution in [0.1, 0.15) is 181 Å². The molecular weight excluding hydrogens is 701 g/mol. The minimum absolute atomic E-state index is 0.0467. The summed E-state index contributed by atoms with van der Waals surface area (Å²) in [5, 5.41) is 0. The summed E-state index contributed by atoms with van der Waals surface area (Å²) in [5.41, 5.74) is 0. The zero-order valence-electron chi connectivity index (χ0n) is 35.4. The van der Waals surface area contributed by atoms with Crippen LogP contribution in [0.25, 0.3) is 0 Å². The van der Waals surface area contributed by atoms with Gasteiger partial charge in [0.15, 0.2) is 6.10 Å². The molecule has 0 spiro atoms. The van der Waals surface area contributed by atoms with Gasteiger partial charge in [0.25, 0.3) is 7.82 Å². The molecule has 0 heterocycles. The van der Waals surface area contributed by atoms with Crippen molar-refractivity contribution in [3.05, 3.63) is 36.5 Å². The molecule has 0 aromatic heterocycles. The summed E-state index contributed by atoms with van der Waals surface area (Å²) in [6.07, 6.45) is 40.9. The van der Waals surface area contributed by atoms with Crippen molar-refractivity contribution < 1.29 is 42.1 Å². The Morgan fingerprint density at radius 2 is 1.07 bits per heavy atom. The lowest BCUT2D eigenvalue weighted by Gasteiger charge is -2.28. The van der Waals surface area contributed by atoms with Gasteiger partial charge in [0.1, 0.15) is 19.8 Å². The van der Waals surface area contributed by atoms with Crippen LogP contribution in [0.5, 0.6) is 0 Å². The van der Waals surface area contributed by atoms with Crippen LogP contribution in [0.4, 0.5) is 0 Å². The largest absolute Gasteiger partial charge is 0.756 e. The van der Waals surface area contributed by atoms with Crippen LogP contribution in [-0.4, -0.2) is 70.0 Å². The quantitative estimate of drug-likeness (QED) is 0.0115. The summed E-state index contributed by atoms with van der Waals surface area (Å²) >= 11 is 0. The van der Waals surface area contributed by atoms with Gasteiger partial charge < -0.3 is 27.9 Å². The SMILES string of the molecule is CCCCCCCCCCC/C=C/CCCCC(=O)O[C@H](COC(=O)/C=C/C=C/CCCCCCCCCCCCC)COP(=O)([O-])OCC[N+](C)(C)C. The molecule has 0 aliphatic carbocycles. The molecule has 2 atom stereocenters. The van der Waals surface area contributed by atoms with Crippen LogP contribution in [-0.2, 0) is 32.7 Å². The number of hydrogen-bond acceptors (Lipinski definition) is 8. The molecule has 10 heteroatoms. The number of quaternary nitrogens is 1. The molecule has 0 saturated carbocycles. The maximum absolute atomic E-state index is 12.6. The Morgan fingerprint density at radius 1 is 0.611 bits per heavy atom. The molecule has 0 aromatic carbocycles. The average molecular weight is 784 g/mol. The molecule has 0 N–H and O–H groups in total. The standard InChI is InChI=1S/C44H82NO8P/c1-6-8-10-12-14-16-18-20-22-24-26-28-30-32-34-36-43(46)50-40-42(41-52-54(48,49)51-39-38-45(3,4)5)53-44(47)37-35-33-31-29-27-25-23-21-19-17-15-13-11-9-7-2/h27,29-30,32,34,36,42H,6-26,28,31,33,35,37-41H2,1-5H3/b29-27+,32-30+,36-34+/t42-/m1/s1. The summed E-state index contributed by atoms with van der Waals surface area (Å²) in [6.45, 7) is 4.07. The number of carbonyl (C=O) groups is 2. The number of phosphoric acid groups is 1. The second kappa shape index (κ2) is 36.8. The second-order valence-electron chi connectivity index (χ2n) is 15.8. The zero-order valence-corrected chi connectivity index (χ0v) is 36.3. The lowest BCUT2D eigenvalue weighted by molar-refractivity contribution is -0.870. The highest BCUT2D eigenvalue weighted by Crippen LogP contribution is 2.38. The Morgan fingerprint density at radius 3 is 1.57 bits per heavy atom. The van der Waals surface area contributed by atoms with Crippen LogP contribution < -0.4 is 4.89 Å². The molecule has 0 aliphatic heterocycles. The highest BCUT2D eigenvalue weighted by molar-refractivity contribution is 7.45. The van der Waals surface area contributed by atoms with E-state index in [4.69, 9.17) is 18.5 Å². The van der Waals surface area contributed by atoms with Crippen LogP contribution in [0, 0.1) is 0 Å². The summed E-state index contributed by atoms with van der Waals surface area (Å²) in [7, 11) is 1.11. The third-order valence-corrected chi connectivity index (χ3v) is 10.2. The first-order valence-corrected chi connectivity index (χ1v) is 23.2. The van der Waals surface area contributed by atoms with Crippen molar-refractivity contribution >= 4 is 19.8 Å². The number of nitrogens with zero attached hydrogens (tertiary/aromatic N) is 1. The van der Waals surface area contributed by atoms with E-state index in [1.807, 2.05) is 33.3 Å². The number of esters is 2. The van der Waals surface area contributed by atoms with E-state index in [1.165, 1.54) is 128 Å². The van der Waals surface area contributed by atoms with Crippen molar-refractivity contribution in [3.63, 3.8) is 0 Å². The number of carbonyl (C=O) groups excluding carboxylic acids is 2. The van der Waals surface area contributed by atoms with Crippen LogP contribution in [0.3, 0.4) is 0 Å². The fourth-order valence-corrected chi connectivity index (χ4v) is 6.53. The topological polar surface area (TPSA) is 111 Å². The number of ether oxygens (including phenoxy) is 2. The van der Waals surface area contributed by atoms with E-state index in [0.29, 0.717) is 17.4 Å². The summed E-state index contributed by atoms with van der Waals surface area (Å²) in [6, 6.07) is 0. The zero-order chi connectivity index (χ0) is 40.0. The van der Waals surface area contributed by atoms with E-state index in [0.717, 1.165) is 32.1 Å². The van der Waals surface area contributed by atoms with Gasteiger partial charge in [-0.15, -0.1) is 0 Å². The van der Waals surface area contributed by atoms with Crippen LogP contribution in [0.2, 0.25) is 0 Å². The van der Waals surface area contributed by atoms with Crippen LogP contribution >= 0.6 is 7.82 Å². The van der Waals surface area contributed by atoms with Gasteiger partial charge in [-0.1, -0.05) is 160 Å². The van der Waals surface area contributed by atoms with Gasteiger partial charge in [0.05, 0.1) is 27.7 Å². The third-order valence-electron chi connectivity index (χ3n) is 9.24. The van der Waals surface area contributed by atoms with E-state index in [1.54, 1.807) is 6.08 Å². The Balaban J connectivity index is 4.50. The monoisotopic (exact) mass is 784 g/mol. The third kappa shape index (κ3) is 39.9. The second-order valence-corrected chi connectivity index (χ2v) is 17.2. The smallest absolute Gasteiger partial charge is 0.330 e. The molecule has 54 heavy (non-hydrogen) atoms. The first-order chi connectivity index (χ1) is 26.0. The van der Waals surface area contributed by atoms with E-state index in [2.05, 4.69) is 26.0 Å². The molecule has 1 unspecified atom stereocenters. The minimum atomic E-state index is -4.65. The van der Waals surface area contributed by atoms with Crippen molar-refractivity contribution in [1.29, 1.82) is 0 Å². The number of rotatable bonds is 39. The predicted molar refractivity (Wildman–Crippen MR) is 222 cm³/mol. The van der Waals surface area contributed by atoms with Gasteiger partial charge in [-0.3, -0.25) is 9.36 Å². The summed E-state index contributed by atoms with van der Waals surface area (Å²) in [4.78, 5) is 37.3. The molecule has 0 amide bonds. The van der Waals surface area contributed by atoms with E-state index in [9.17, 15) is 19.0 Å². The van der Waals surface area contributed by atoms with E-state index < -0.39 is 32.5 Å². The highest BCUT2D eigenvalue weighted by Gasteiger charge is 2.21. The van der Waals surface area contributed by atoms with Gasteiger partial charge in [-0.05, 0) is 44.9 Å². The van der Waals surface area contributed by atoms with Gasteiger partial charge in [-0.2, -0.15) is 0 Å². The highest BCUT2D eigenvalue weighted by atomic mass is 31.2. The van der Waals surface area contributed by atoms with Crippen molar-refractivity contribution in [2.75, 3.05) is 47.5 Å². The average Bonchev–Trinajstić information content (AvgIpc) is 3.12. The number of hydrogen-bond donors (Lipinski definition) is 0. The fourth-order valence-electron chi connectivity index (χ4n) is 5.80. The van der Waals surface area contributed by atoms with Crippen molar-refractivity contribution in [3.8, 4) is 0 Å². The van der Waals surface area contributed by atoms with Crippen molar-refractivity contribution in [2.24, 2.45) is 0 Å². The predicted octanol–water partition coefficient (Wildman–Crippen LogP) is 11.5.